The Hall–Kier alpha value is -2.99. The molecule has 0 spiro atoms. The lowest BCUT2D eigenvalue weighted by Crippen LogP contribution is -2.46. The van der Waals surface area contributed by atoms with Gasteiger partial charge in [0, 0.05) is 26.6 Å². The quantitative estimate of drug-likeness (QED) is 0.639. The molecule has 4 rings (SSSR count). The number of amides is 1. The van der Waals surface area contributed by atoms with Crippen LogP contribution in [-0.2, 0) is 23.0 Å². The highest BCUT2D eigenvalue weighted by Crippen LogP contribution is 2.26. The Balaban J connectivity index is 1.43. The second-order valence-electron chi connectivity index (χ2n) is 7.62. The lowest BCUT2D eigenvalue weighted by Gasteiger charge is -2.18. The predicted octanol–water partition coefficient (Wildman–Crippen LogP) is 2.20. The van der Waals surface area contributed by atoms with E-state index in [0.29, 0.717) is 19.6 Å². The highest BCUT2D eigenvalue weighted by Gasteiger charge is 2.23. The molecule has 8 heteroatoms. The van der Waals surface area contributed by atoms with Crippen LogP contribution in [0.15, 0.2) is 47.3 Å². The molecule has 31 heavy (non-hydrogen) atoms. The summed E-state index contributed by atoms with van der Waals surface area (Å²) in [6.45, 7) is 1.82. The molecule has 160 valence electrons. The van der Waals surface area contributed by atoms with Crippen LogP contribution in [0.25, 0.3) is 21.3 Å². The third-order valence-corrected chi connectivity index (χ3v) is 6.44. The molecule has 2 atom stereocenters. The molecule has 1 fully saturated rings. The van der Waals surface area contributed by atoms with Crippen molar-refractivity contribution in [2.45, 2.75) is 25.0 Å². The fourth-order valence-electron chi connectivity index (χ4n) is 3.65. The van der Waals surface area contributed by atoms with Gasteiger partial charge in [0.2, 0.25) is 0 Å². The molecular formula is C23H24N4O3S. The van der Waals surface area contributed by atoms with Crippen molar-refractivity contribution in [2.24, 2.45) is 7.05 Å². The van der Waals surface area contributed by atoms with Gasteiger partial charge >= 0.3 is 4.87 Å². The van der Waals surface area contributed by atoms with Gasteiger partial charge in [-0.05, 0) is 41.8 Å². The fraction of sp³-hybridized carbons (Fsp3) is 0.348. The van der Waals surface area contributed by atoms with E-state index in [-0.39, 0.29) is 10.8 Å². The first-order chi connectivity index (χ1) is 15.0. The molecule has 1 aliphatic heterocycles. The number of carbonyl (C=O) groups excluding carboxylic acids is 1. The average molecular weight is 437 g/mol. The first kappa shape index (κ1) is 21.2. The van der Waals surface area contributed by atoms with Gasteiger partial charge < -0.3 is 19.9 Å². The first-order valence-electron chi connectivity index (χ1n) is 10.3. The Morgan fingerprint density at radius 3 is 2.87 bits per heavy atom. The van der Waals surface area contributed by atoms with Crippen molar-refractivity contribution in [3.63, 3.8) is 0 Å². The minimum Gasteiger partial charge on any atom is -0.367 e. The van der Waals surface area contributed by atoms with Gasteiger partial charge in [0.05, 0.1) is 16.3 Å². The molecule has 2 heterocycles. The molecule has 1 unspecified atom stereocenters. The maximum atomic E-state index is 12.4. The van der Waals surface area contributed by atoms with Gasteiger partial charge in [-0.1, -0.05) is 41.7 Å². The van der Waals surface area contributed by atoms with Crippen molar-refractivity contribution in [3.05, 3.63) is 57.7 Å². The van der Waals surface area contributed by atoms with E-state index >= 15 is 0 Å². The van der Waals surface area contributed by atoms with Crippen LogP contribution in [0.5, 0.6) is 0 Å². The Morgan fingerprint density at radius 1 is 1.32 bits per heavy atom. The van der Waals surface area contributed by atoms with E-state index in [1.807, 2.05) is 42.5 Å². The largest absolute Gasteiger partial charge is 0.367 e. The predicted molar refractivity (Wildman–Crippen MR) is 121 cm³/mol. The van der Waals surface area contributed by atoms with Crippen molar-refractivity contribution >= 4 is 27.5 Å². The summed E-state index contributed by atoms with van der Waals surface area (Å²) in [5.41, 5.74) is 3.92. The molecule has 0 aliphatic carbocycles. The van der Waals surface area contributed by atoms with E-state index in [9.17, 15) is 14.9 Å². The lowest BCUT2D eigenvalue weighted by atomic mass is 10.0. The van der Waals surface area contributed by atoms with Gasteiger partial charge in [-0.2, -0.15) is 5.26 Å². The van der Waals surface area contributed by atoms with Crippen LogP contribution in [0.4, 0.5) is 0 Å². The van der Waals surface area contributed by atoms with Gasteiger partial charge in [0.15, 0.2) is 0 Å². The Bertz CT molecular complexity index is 1170. The smallest absolute Gasteiger partial charge is 0.307 e. The SMILES string of the molecule is Cn1c(=O)sc2ccc(-c3ccc(CC(C#N)NC(=O)[C@@H]4CNCCCO4)cc3)cc21. The highest BCUT2D eigenvalue weighted by molar-refractivity contribution is 7.16. The molecule has 3 aromatic rings. The third kappa shape index (κ3) is 4.85. The van der Waals surface area contributed by atoms with Crippen LogP contribution in [0, 0.1) is 11.3 Å². The van der Waals surface area contributed by atoms with Gasteiger partial charge in [0.25, 0.3) is 5.91 Å². The minimum absolute atomic E-state index is 0.0251. The van der Waals surface area contributed by atoms with Crippen LogP contribution in [-0.4, -0.2) is 42.3 Å². The summed E-state index contributed by atoms with van der Waals surface area (Å²) in [4.78, 5) is 24.3. The normalized spacial score (nSPS) is 17.6. The maximum absolute atomic E-state index is 12.4. The van der Waals surface area contributed by atoms with Gasteiger partial charge in [-0.25, -0.2) is 0 Å². The summed E-state index contributed by atoms with van der Waals surface area (Å²) in [7, 11) is 1.78. The number of thiazole rings is 1. The number of hydrogen-bond donors (Lipinski definition) is 2. The zero-order valence-corrected chi connectivity index (χ0v) is 18.1. The lowest BCUT2D eigenvalue weighted by molar-refractivity contribution is -0.132. The van der Waals surface area contributed by atoms with Gasteiger partial charge in [-0.15, -0.1) is 0 Å². The first-order valence-corrected chi connectivity index (χ1v) is 11.1. The molecule has 2 N–H and O–H groups in total. The number of nitrogens with zero attached hydrogens (tertiary/aromatic N) is 2. The number of rotatable bonds is 5. The van der Waals surface area contributed by atoms with Crippen LogP contribution in [0.2, 0.25) is 0 Å². The summed E-state index contributed by atoms with van der Waals surface area (Å²) < 4.78 is 8.19. The molecule has 7 nitrogen and oxygen atoms in total. The zero-order valence-electron chi connectivity index (χ0n) is 17.3. The monoisotopic (exact) mass is 436 g/mol. The van der Waals surface area contributed by atoms with E-state index in [2.05, 4.69) is 16.7 Å². The molecule has 1 saturated heterocycles. The van der Waals surface area contributed by atoms with Crippen LogP contribution >= 0.6 is 11.3 Å². The molecule has 1 amide bonds. The van der Waals surface area contributed by atoms with Crippen LogP contribution in [0.3, 0.4) is 0 Å². The Morgan fingerprint density at radius 2 is 2.10 bits per heavy atom. The van der Waals surface area contributed by atoms with Gasteiger partial charge in [0.1, 0.15) is 12.1 Å². The summed E-state index contributed by atoms with van der Waals surface area (Å²) in [5, 5.41) is 15.5. The number of nitriles is 1. The number of ether oxygens (including phenoxy) is 1. The molecule has 1 aliphatic rings. The van der Waals surface area contributed by atoms with Crippen molar-refractivity contribution in [1.29, 1.82) is 5.26 Å². The zero-order chi connectivity index (χ0) is 21.8. The number of benzene rings is 2. The molecule has 0 saturated carbocycles. The molecule has 0 radical (unpaired) electrons. The Labute approximate surface area is 184 Å². The average Bonchev–Trinajstić information content (AvgIpc) is 2.96. The summed E-state index contributed by atoms with van der Waals surface area (Å²) in [5.74, 6) is -0.257. The standard InChI is InChI=1S/C23H24N4O3S/c1-27-19-12-17(7-8-21(19)31-23(27)29)16-5-3-15(4-6-16)11-18(13-24)26-22(28)20-14-25-9-2-10-30-20/h3-8,12,18,20,25H,2,9-11,14H2,1H3,(H,26,28)/t18?,20-/m0/s1. The Kier molecular flexibility index (Phi) is 6.47. The number of hydrogen-bond acceptors (Lipinski definition) is 6. The molecule has 0 bridgehead atoms. The molecular weight excluding hydrogens is 412 g/mol. The second kappa shape index (κ2) is 9.43. The van der Waals surface area contributed by atoms with Crippen molar-refractivity contribution in [2.75, 3.05) is 19.7 Å². The van der Waals surface area contributed by atoms with Crippen molar-refractivity contribution < 1.29 is 9.53 Å². The third-order valence-electron chi connectivity index (χ3n) is 5.43. The number of aryl methyl sites for hydroxylation is 1. The minimum atomic E-state index is -0.623. The van der Waals surface area contributed by atoms with Crippen molar-refractivity contribution in [1.82, 2.24) is 15.2 Å². The van der Waals surface area contributed by atoms with Crippen LogP contribution in [0.1, 0.15) is 12.0 Å². The van der Waals surface area contributed by atoms with E-state index in [4.69, 9.17) is 4.74 Å². The fourth-order valence-corrected chi connectivity index (χ4v) is 4.51. The maximum Gasteiger partial charge on any atom is 0.307 e. The molecule has 2 aromatic carbocycles. The molecule has 1 aromatic heterocycles. The van der Waals surface area contributed by atoms with E-state index in [1.54, 1.807) is 11.6 Å². The summed E-state index contributed by atoms with van der Waals surface area (Å²) >= 11 is 1.24. The van der Waals surface area contributed by atoms with E-state index in [1.165, 1.54) is 11.3 Å². The summed E-state index contributed by atoms with van der Waals surface area (Å²) in [6, 6.07) is 15.5. The van der Waals surface area contributed by atoms with Crippen molar-refractivity contribution in [3.8, 4) is 17.2 Å². The summed E-state index contributed by atoms with van der Waals surface area (Å²) in [6.07, 6.45) is 0.720. The number of fused-ring (bicyclic) bond motifs is 1. The number of nitrogens with one attached hydrogen (secondary N) is 2. The highest BCUT2D eigenvalue weighted by atomic mass is 32.1. The van der Waals surface area contributed by atoms with Gasteiger partial charge in [-0.3, -0.25) is 9.59 Å². The van der Waals surface area contributed by atoms with E-state index < -0.39 is 12.1 Å². The number of carbonyl (C=O) groups is 1. The number of aromatic nitrogens is 1. The van der Waals surface area contributed by atoms with Crippen LogP contribution < -0.4 is 15.5 Å². The topological polar surface area (TPSA) is 96.2 Å². The van der Waals surface area contributed by atoms with E-state index in [0.717, 1.165) is 39.9 Å². The second-order valence-corrected chi connectivity index (χ2v) is 8.61.